The molecule has 0 radical (unpaired) electrons. The first kappa shape index (κ1) is 19.2. The van der Waals surface area contributed by atoms with Crippen LogP contribution in [-0.2, 0) is 24.3 Å². The first-order chi connectivity index (χ1) is 11.5. The first-order valence-electron chi connectivity index (χ1n) is 8.09. The lowest BCUT2D eigenvalue weighted by molar-refractivity contribution is -0.155. The highest BCUT2D eigenvalue weighted by molar-refractivity contribution is 7.93. The zero-order valence-corrected chi connectivity index (χ0v) is 15.8. The molecule has 1 saturated heterocycles. The number of carbonyl (C=O) groups is 2. The van der Waals surface area contributed by atoms with Crippen LogP contribution >= 0.6 is 0 Å². The normalized spacial score (nSPS) is 16.6. The molecular weight excluding hydrogens is 344 g/mol. The van der Waals surface area contributed by atoms with Gasteiger partial charge in [-0.15, -0.1) is 0 Å². The van der Waals surface area contributed by atoms with Gasteiger partial charge in [0.25, 0.3) is 5.91 Å². The van der Waals surface area contributed by atoms with Gasteiger partial charge in [-0.25, -0.2) is 8.42 Å². The molecule has 1 aliphatic rings. The maximum Gasteiger partial charge on any atom is 0.311 e. The zero-order valence-electron chi connectivity index (χ0n) is 15.0. The molecule has 0 atom stereocenters. The highest BCUT2D eigenvalue weighted by Gasteiger charge is 2.28. The van der Waals surface area contributed by atoms with Crippen LogP contribution in [0.25, 0.3) is 0 Å². The monoisotopic (exact) mass is 368 g/mol. The summed E-state index contributed by atoms with van der Waals surface area (Å²) in [6, 6.07) is 5.04. The van der Waals surface area contributed by atoms with E-state index in [0.29, 0.717) is 24.3 Å². The summed E-state index contributed by atoms with van der Waals surface area (Å²) in [6.45, 7) is 7.02. The average molecular weight is 368 g/mol. The summed E-state index contributed by atoms with van der Waals surface area (Å²) >= 11 is 0. The first-order valence-corrected chi connectivity index (χ1v) is 9.70. The third kappa shape index (κ3) is 4.72. The number of amides is 1. The molecule has 138 valence electrons. The maximum atomic E-state index is 12.0. The molecule has 0 unspecified atom stereocenters. The molecule has 1 fully saturated rings. The number of sulfonamides is 1. The molecule has 0 spiro atoms. The SMILES string of the molecule is Cc1cc(N2CCCS2(=O)=O)ccc1NC(=O)COC(=O)C(C)(C)C. The summed E-state index contributed by atoms with van der Waals surface area (Å²) in [6.07, 6.45) is 0.610. The van der Waals surface area contributed by atoms with Crippen LogP contribution in [0.3, 0.4) is 0 Å². The third-order valence-corrected chi connectivity index (χ3v) is 5.69. The molecule has 1 N–H and O–H groups in total. The standard InChI is InChI=1S/C17H24N2O5S/c1-12-10-13(19-8-5-9-25(19,22)23)6-7-14(12)18-15(20)11-24-16(21)17(2,3)4/h6-7,10H,5,8-9,11H2,1-4H3,(H,18,20). The number of nitrogens with one attached hydrogen (secondary N) is 1. The lowest BCUT2D eigenvalue weighted by atomic mass is 9.97. The Morgan fingerprint density at radius 3 is 2.48 bits per heavy atom. The van der Waals surface area contributed by atoms with Gasteiger partial charge in [0.15, 0.2) is 6.61 Å². The number of benzene rings is 1. The Balaban J connectivity index is 2.02. The van der Waals surface area contributed by atoms with Gasteiger partial charge in [-0.05, 0) is 57.9 Å². The Labute approximate surface area is 148 Å². The fraction of sp³-hybridized carbons (Fsp3) is 0.529. The van der Waals surface area contributed by atoms with Crippen molar-refractivity contribution in [3.8, 4) is 0 Å². The molecule has 1 amide bonds. The van der Waals surface area contributed by atoms with Crippen LogP contribution in [0.2, 0.25) is 0 Å². The van der Waals surface area contributed by atoms with E-state index >= 15 is 0 Å². The van der Waals surface area contributed by atoms with Crippen molar-refractivity contribution in [2.24, 2.45) is 5.41 Å². The van der Waals surface area contributed by atoms with Gasteiger partial charge in [0, 0.05) is 12.2 Å². The van der Waals surface area contributed by atoms with E-state index in [1.54, 1.807) is 45.9 Å². The number of hydrogen-bond donors (Lipinski definition) is 1. The molecule has 7 nitrogen and oxygen atoms in total. The van der Waals surface area contributed by atoms with Crippen LogP contribution in [0.1, 0.15) is 32.8 Å². The smallest absolute Gasteiger partial charge is 0.311 e. The van der Waals surface area contributed by atoms with Crippen molar-refractivity contribution >= 4 is 33.3 Å². The van der Waals surface area contributed by atoms with E-state index in [1.165, 1.54) is 4.31 Å². The Morgan fingerprint density at radius 1 is 1.28 bits per heavy atom. The van der Waals surface area contributed by atoms with Crippen LogP contribution in [0.4, 0.5) is 11.4 Å². The van der Waals surface area contributed by atoms with Gasteiger partial charge in [-0.1, -0.05) is 0 Å². The number of nitrogens with zero attached hydrogens (tertiary/aromatic N) is 1. The Hall–Kier alpha value is -2.09. The minimum absolute atomic E-state index is 0.156. The minimum atomic E-state index is -3.24. The number of rotatable bonds is 4. The largest absolute Gasteiger partial charge is 0.455 e. The van der Waals surface area contributed by atoms with Gasteiger partial charge in [0.2, 0.25) is 10.0 Å². The van der Waals surface area contributed by atoms with Crippen LogP contribution in [0.15, 0.2) is 18.2 Å². The molecule has 25 heavy (non-hydrogen) atoms. The van der Waals surface area contributed by atoms with E-state index in [-0.39, 0.29) is 12.4 Å². The Morgan fingerprint density at radius 2 is 1.96 bits per heavy atom. The second-order valence-electron chi connectivity index (χ2n) is 7.12. The molecule has 0 bridgehead atoms. The average Bonchev–Trinajstić information content (AvgIpc) is 2.85. The quantitative estimate of drug-likeness (QED) is 0.821. The number of esters is 1. The Bertz CT molecular complexity index is 781. The van der Waals surface area contributed by atoms with E-state index in [9.17, 15) is 18.0 Å². The van der Waals surface area contributed by atoms with Gasteiger partial charge >= 0.3 is 5.97 Å². The molecule has 1 aromatic carbocycles. The highest BCUT2D eigenvalue weighted by Crippen LogP contribution is 2.28. The van der Waals surface area contributed by atoms with Gasteiger partial charge in [-0.2, -0.15) is 0 Å². The zero-order chi connectivity index (χ0) is 18.8. The van der Waals surface area contributed by atoms with Gasteiger partial charge < -0.3 is 10.1 Å². The van der Waals surface area contributed by atoms with E-state index < -0.39 is 27.3 Å². The lowest BCUT2D eigenvalue weighted by Crippen LogP contribution is -2.28. The van der Waals surface area contributed by atoms with Crippen molar-refractivity contribution in [3.05, 3.63) is 23.8 Å². The predicted molar refractivity (Wildman–Crippen MR) is 96.0 cm³/mol. The van der Waals surface area contributed by atoms with Crippen molar-refractivity contribution in [2.75, 3.05) is 28.5 Å². The number of hydrogen-bond acceptors (Lipinski definition) is 5. The summed E-state index contributed by atoms with van der Waals surface area (Å²) in [7, 11) is -3.24. The molecule has 0 aliphatic carbocycles. The van der Waals surface area contributed by atoms with Crippen LogP contribution < -0.4 is 9.62 Å². The summed E-state index contributed by atoms with van der Waals surface area (Å²) in [5.74, 6) is -0.736. The summed E-state index contributed by atoms with van der Waals surface area (Å²) in [5, 5.41) is 2.67. The summed E-state index contributed by atoms with van der Waals surface area (Å²) in [5.41, 5.74) is 1.21. The van der Waals surface area contributed by atoms with E-state index in [0.717, 1.165) is 5.56 Å². The van der Waals surface area contributed by atoms with Crippen LogP contribution in [0, 0.1) is 12.3 Å². The fourth-order valence-corrected chi connectivity index (χ4v) is 3.96. The number of anilines is 2. The molecule has 0 aromatic heterocycles. The topological polar surface area (TPSA) is 92.8 Å². The lowest BCUT2D eigenvalue weighted by Gasteiger charge is -2.19. The third-order valence-electron chi connectivity index (χ3n) is 3.82. The van der Waals surface area contributed by atoms with E-state index in [2.05, 4.69) is 5.32 Å². The van der Waals surface area contributed by atoms with Crippen molar-refractivity contribution in [1.29, 1.82) is 0 Å². The fourth-order valence-electron chi connectivity index (χ4n) is 2.41. The number of ether oxygens (including phenoxy) is 1. The number of carbonyl (C=O) groups excluding carboxylic acids is 2. The van der Waals surface area contributed by atoms with Crippen molar-refractivity contribution < 1.29 is 22.7 Å². The summed E-state index contributed by atoms with van der Waals surface area (Å²) < 4.78 is 30.3. The Kier molecular flexibility index (Phi) is 5.41. The van der Waals surface area contributed by atoms with Gasteiger partial charge in [0.05, 0.1) is 16.9 Å². The molecule has 1 aliphatic heterocycles. The van der Waals surface area contributed by atoms with E-state index in [4.69, 9.17) is 4.74 Å². The van der Waals surface area contributed by atoms with Crippen molar-refractivity contribution in [3.63, 3.8) is 0 Å². The predicted octanol–water partition coefficient (Wildman–Crippen LogP) is 2.06. The number of aryl methyl sites for hydroxylation is 1. The molecule has 8 heteroatoms. The molecule has 1 aromatic rings. The second kappa shape index (κ2) is 7.03. The van der Waals surface area contributed by atoms with Gasteiger partial charge in [-0.3, -0.25) is 13.9 Å². The van der Waals surface area contributed by atoms with Crippen molar-refractivity contribution in [1.82, 2.24) is 0 Å². The van der Waals surface area contributed by atoms with Crippen LogP contribution in [0.5, 0.6) is 0 Å². The molecule has 0 saturated carbocycles. The highest BCUT2D eigenvalue weighted by atomic mass is 32.2. The molecular formula is C17H24N2O5S. The second-order valence-corrected chi connectivity index (χ2v) is 9.13. The summed E-state index contributed by atoms with van der Waals surface area (Å²) in [4.78, 5) is 23.6. The van der Waals surface area contributed by atoms with Crippen molar-refractivity contribution in [2.45, 2.75) is 34.1 Å². The van der Waals surface area contributed by atoms with Gasteiger partial charge in [0.1, 0.15) is 0 Å². The van der Waals surface area contributed by atoms with E-state index in [1.807, 2.05) is 0 Å². The molecule has 1 heterocycles. The van der Waals surface area contributed by atoms with Crippen LogP contribution in [-0.4, -0.2) is 39.2 Å². The minimum Gasteiger partial charge on any atom is -0.455 e. The molecule has 2 rings (SSSR count). The maximum absolute atomic E-state index is 12.0.